The summed E-state index contributed by atoms with van der Waals surface area (Å²) in [7, 11) is 0. The van der Waals surface area contributed by atoms with Crippen molar-refractivity contribution in [2.45, 2.75) is 19.3 Å². The zero-order valence-electron chi connectivity index (χ0n) is 24.8. The van der Waals surface area contributed by atoms with Gasteiger partial charge in [0, 0.05) is 28.3 Å². The van der Waals surface area contributed by atoms with Crippen LogP contribution in [0.3, 0.4) is 0 Å². The fourth-order valence-corrected chi connectivity index (χ4v) is 6.68. The van der Waals surface area contributed by atoms with Gasteiger partial charge in [0.25, 0.3) is 0 Å². The van der Waals surface area contributed by atoms with Crippen LogP contribution in [0.1, 0.15) is 30.4 Å². The second kappa shape index (κ2) is 10.2. The number of rotatable bonds is 3. The molecule has 0 N–H and O–H groups in total. The van der Waals surface area contributed by atoms with Crippen molar-refractivity contribution in [3.8, 4) is 33.9 Å². The largest absolute Gasteiger partial charge is 0.244 e. The molecule has 6 aromatic carbocycles. The number of hydrogen-bond acceptors (Lipinski definition) is 4. The lowest BCUT2D eigenvalue weighted by molar-refractivity contribution is 0.773. The van der Waals surface area contributed by atoms with Gasteiger partial charge in [-0.15, -0.1) is 0 Å². The molecule has 9 rings (SSSR count). The van der Waals surface area contributed by atoms with E-state index < -0.39 is 0 Å². The molecule has 0 spiro atoms. The number of benzene rings is 6. The Bertz CT molecular complexity index is 2490. The van der Waals surface area contributed by atoms with Crippen molar-refractivity contribution in [3.05, 3.63) is 139 Å². The average molecular weight is 577 g/mol. The van der Waals surface area contributed by atoms with Crippen LogP contribution in [0.15, 0.2) is 128 Å². The molecule has 0 saturated heterocycles. The van der Waals surface area contributed by atoms with E-state index in [0.717, 1.165) is 45.4 Å². The molecule has 0 amide bonds. The Hall–Kier alpha value is -5.74. The van der Waals surface area contributed by atoms with Gasteiger partial charge in [-0.2, -0.15) is 0 Å². The van der Waals surface area contributed by atoms with Crippen LogP contribution in [0.5, 0.6) is 0 Å². The van der Waals surface area contributed by atoms with Crippen molar-refractivity contribution < 1.29 is 0 Å². The zero-order chi connectivity index (χ0) is 29.9. The lowest BCUT2D eigenvalue weighted by atomic mass is 9.86. The van der Waals surface area contributed by atoms with E-state index in [1.165, 1.54) is 43.4 Å². The van der Waals surface area contributed by atoms with Crippen molar-refractivity contribution >= 4 is 49.3 Å². The maximum atomic E-state index is 5.16. The van der Waals surface area contributed by atoms with E-state index in [1.807, 2.05) is 18.3 Å². The van der Waals surface area contributed by atoms with E-state index in [-0.39, 0.29) is 0 Å². The summed E-state index contributed by atoms with van der Waals surface area (Å²) in [5.41, 5.74) is 8.48. The summed E-state index contributed by atoms with van der Waals surface area (Å²) < 4.78 is 0. The molecule has 0 saturated carbocycles. The standard InChI is InChI=1S/C41H28N4/c1-25-5-4-8-30-16-29-10-12-32(19-35(29)21-37(25)30)40-22-39(44-41(45-40)33-13-14-38-36(20-33)23-42-24-43-38)31-11-9-28-15-26-6-2-3-7-27(26)17-34(28)18-31/h2-4,6-25H,5H2,1H3. The van der Waals surface area contributed by atoms with Gasteiger partial charge in [0.05, 0.1) is 16.9 Å². The van der Waals surface area contributed by atoms with Crippen molar-refractivity contribution in [1.29, 1.82) is 0 Å². The maximum Gasteiger partial charge on any atom is 0.160 e. The quantitative estimate of drug-likeness (QED) is 0.196. The van der Waals surface area contributed by atoms with E-state index >= 15 is 0 Å². The molecule has 1 aliphatic carbocycles. The predicted octanol–water partition coefficient (Wildman–Crippen LogP) is 10.4. The van der Waals surface area contributed by atoms with Gasteiger partial charge >= 0.3 is 0 Å². The van der Waals surface area contributed by atoms with Crippen molar-refractivity contribution in [3.63, 3.8) is 0 Å². The van der Waals surface area contributed by atoms with Gasteiger partial charge in [-0.05, 0) is 110 Å². The summed E-state index contributed by atoms with van der Waals surface area (Å²) in [5, 5.41) is 8.30. The predicted molar refractivity (Wildman–Crippen MR) is 186 cm³/mol. The number of aromatic nitrogens is 4. The van der Waals surface area contributed by atoms with Crippen LogP contribution in [0, 0.1) is 0 Å². The molecule has 4 heteroatoms. The summed E-state index contributed by atoms with van der Waals surface area (Å²) in [4.78, 5) is 18.9. The molecule has 45 heavy (non-hydrogen) atoms. The molecule has 4 nitrogen and oxygen atoms in total. The van der Waals surface area contributed by atoms with E-state index in [4.69, 9.17) is 9.97 Å². The molecular weight excluding hydrogens is 548 g/mol. The number of allylic oxidation sites excluding steroid dienone is 1. The Morgan fingerprint density at radius 3 is 2.00 bits per heavy atom. The third kappa shape index (κ3) is 4.54. The van der Waals surface area contributed by atoms with Crippen LogP contribution in [0.2, 0.25) is 0 Å². The summed E-state index contributed by atoms with van der Waals surface area (Å²) in [6, 6.07) is 39.2. The normalized spacial score (nSPS) is 14.4. The van der Waals surface area contributed by atoms with E-state index in [1.54, 1.807) is 6.33 Å². The topological polar surface area (TPSA) is 51.6 Å². The van der Waals surface area contributed by atoms with Gasteiger partial charge in [-0.3, -0.25) is 0 Å². The maximum absolute atomic E-state index is 5.16. The minimum absolute atomic E-state index is 0.511. The second-order valence-electron chi connectivity index (χ2n) is 12.1. The van der Waals surface area contributed by atoms with Crippen LogP contribution in [-0.4, -0.2) is 19.9 Å². The lowest BCUT2D eigenvalue weighted by Gasteiger charge is -2.19. The highest BCUT2D eigenvalue weighted by Crippen LogP contribution is 2.36. The molecule has 1 aliphatic rings. The lowest BCUT2D eigenvalue weighted by Crippen LogP contribution is -2.00. The van der Waals surface area contributed by atoms with E-state index in [2.05, 4.69) is 126 Å². The molecule has 0 fully saturated rings. The highest BCUT2D eigenvalue weighted by Gasteiger charge is 2.16. The van der Waals surface area contributed by atoms with E-state index in [9.17, 15) is 0 Å². The van der Waals surface area contributed by atoms with Crippen LogP contribution >= 0.6 is 0 Å². The molecule has 0 bridgehead atoms. The minimum atomic E-state index is 0.511. The van der Waals surface area contributed by atoms with Crippen molar-refractivity contribution in [2.24, 2.45) is 0 Å². The Balaban J connectivity index is 1.23. The van der Waals surface area contributed by atoms with Crippen LogP contribution < -0.4 is 0 Å². The van der Waals surface area contributed by atoms with Crippen molar-refractivity contribution in [1.82, 2.24) is 19.9 Å². The van der Waals surface area contributed by atoms with Gasteiger partial charge < -0.3 is 0 Å². The Labute approximate surface area is 260 Å². The molecule has 0 aliphatic heterocycles. The first kappa shape index (κ1) is 25.7. The molecule has 8 aromatic rings. The first-order valence-electron chi connectivity index (χ1n) is 15.4. The highest BCUT2D eigenvalue weighted by atomic mass is 14.9. The first-order chi connectivity index (χ1) is 22.1. The van der Waals surface area contributed by atoms with Crippen LogP contribution in [0.25, 0.3) is 83.2 Å². The van der Waals surface area contributed by atoms with Gasteiger partial charge in [-0.1, -0.05) is 73.7 Å². The Morgan fingerprint density at radius 2 is 1.22 bits per heavy atom. The summed E-state index contributed by atoms with van der Waals surface area (Å²) >= 11 is 0. The SMILES string of the molecule is CC1CC=Cc2cc3ccc(-c4cc(-c5ccc6cc7ccccc7cc6c5)nc(-c5ccc6ncncc6c5)n4)cc3cc21. The smallest absolute Gasteiger partial charge is 0.160 e. The molecule has 1 atom stereocenters. The van der Waals surface area contributed by atoms with Gasteiger partial charge in [0.2, 0.25) is 0 Å². The average Bonchev–Trinajstić information content (AvgIpc) is 3.09. The molecule has 2 aromatic heterocycles. The second-order valence-corrected chi connectivity index (χ2v) is 12.1. The van der Waals surface area contributed by atoms with Gasteiger partial charge in [-0.25, -0.2) is 19.9 Å². The fourth-order valence-electron chi connectivity index (χ4n) is 6.68. The Kier molecular flexibility index (Phi) is 5.82. The minimum Gasteiger partial charge on any atom is -0.244 e. The van der Waals surface area contributed by atoms with Gasteiger partial charge in [0.1, 0.15) is 6.33 Å². The first-order valence-corrected chi connectivity index (χ1v) is 15.4. The molecule has 1 unspecified atom stereocenters. The molecule has 0 radical (unpaired) electrons. The highest BCUT2D eigenvalue weighted by molar-refractivity contribution is 6.00. The number of fused-ring (bicyclic) bond motifs is 5. The summed E-state index contributed by atoms with van der Waals surface area (Å²) in [6.07, 6.45) is 9.03. The molecular formula is C41H28N4. The van der Waals surface area contributed by atoms with Crippen LogP contribution in [-0.2, 0) is 0 Å². The molecule has 212 valence electrons. The number of nitrogens with zero attached hydrogens (tertiary/aromatic N) is 4. The fraction of sp³-hybridized carbons (Fsp3) is 0.0732. The summed E-state index contributed by atoms with van der Waals surface area (Å²) in [6.45, 7) is 2.31. The van der Waals surface area contributed by atoms with Crippen molar-refractivity contribution in [2.75, 3.05) is 0 Å². The molecule has 2 heterocycles. The zero-order valence-corrected chi connectivity index (χ0v) is 24.8. The third-order valence-electron chi connectivity index (χ3n) is 9.15. The third-order valence-corrected chi connectivity index (χ3v) is 9.15. The van der Waals surface area contributed by atoms with E-state index in [0.29, 0.717) is 11.7 Å². The summed E-state index contributed by atoms with van der Waals surface area (Å²) in [5.74, 6) is 1.19. The van der Waals surface area contributed by atoms with Gasteiger partial charge in [0.15, 0.2) is 5.82 Å². The monoisotopic (exact) mass is 576 g/mol. The number of hydrogen-bond donors (Lipinski definition) is 0. The van der Waals surface area contributed by atoms with Crippen LogP contribution in [0.4, 0.5) is 0 Å². The Morgan fingerprint density at radius 1 is 0.578 bits per heavy atom.